The maximum absolute atomic E-state index is 14.6. The Balaban J connectivity index is 1.60. The average Bonchev–Trinajstić information content (AvgIpc) is 3.27. The Hall–Kier alpha value is -3.54. The zero-order chi connectivity index (χ0) is 30.5. The summed E-state index contributed by atoms with van der Waals surface area (Å²) in [6.45, 7) is -0.527. The molecule has 0 unspecified atom stereocenters. The summed E-state index contributed by atoms with van der Waals surface area (Å²) in [6, 6.07) is 7.12. The molecule has 2 aromatic carbocycles. The van der Waals surface area contributed by atoms with E-state index in [-0.39, 0.29) is 64.7 Å². The van der Waals surface area contributed by atoms with Crippen LogP contribution in [0.3, 0.4) is 0 Å². The van der Waals surface area contributed by atoms with E-state index in [1.807, 2.05) is 0 Å². The molecule has 42 heavy (non-hydrogen) atoms. The van der Waals surface area contributed by atoms with Gasteiger partial charge in [0.25, 0.3) is 5.91 Å². The van der Waals surface area contributed by atoms with Gasteiger partial charge in [0.05, 0.1) is 57.6 Å². The highest BCUT2D eigenvalue weighted by atomic mass is 32.2. The summed E-state index contributed by atoms with van der Waals surface area (Å²) in [5.41, 5.74) is 0.547. The van der Waals surface area contributed by atoms with Gasteiger partial charge >= 0.3 is 6.18 Å². The van der Waals surface area contributed by atoms with Gasteiger partial charge in [-0.2, -0.15) is 13.2 Å². The number of benzene rings is 2. The van der Waals surface area contributed by atoms with Gasteiger partial charge in [-0.25, -0.2) is 12.8 Å². The van der Waals surface area contributed by atoms with Crippen LogP contribution in [0, 0.1) is 17.7 Å². The van der Waals surface area contributed by atoms with E-state index >= 15 is 0 Å². The molecule has 1 aromatic heterocycles. The van der Waals surface area contributed by atoms with E-state index < -0.39 is 34.2 Å². The molecule has 1 aliphatic rings. The zero-order valence-corrected chi connectivity index (χ0v) is 24.2. The molecule has 4 rings (SSSR count). The molecule has 1 saturated heterocycles. The lowest BCUT2D eigenvalue weighted by molar-refractivity contribution is -0.126. The summed E-state index contributed by atoms with van der Waals surface area (Å²) in [6.07, 6.45) is -4.84. The summed E-state index contributed by atoms with van der Waals surface area (Å²) >= 11 is 1.11. The van der Waals surface area contributed by atoms with Gasteiger partial charge in [0.15, 0.2) is 0 Å². The number of aliphatic hydroxyl groups excluding tert-OH is 1. The number of ether oxygens (including phenoxy) is 1. The first kappa shape index (κ1) is 31.4. The van der Waals surface area contributed by atoms with E-state index in [9.17, 15) is 30.8 Å². The highest BCUT2D eigenvalue weighted by molar-refractivity contribution is 7.91. The molecule has 8 nitrogen and oxygen atoms in total. The van der Waals surface area contributed by atoms with Crippen LogP contribution in [0.15, 0.2) is 30.3 Å². The molecule has 226 valence electrons. The Morgan fingerprint density at radius 2 is 1.93 bits per heavy atom. The normalized spacial score (nSPS) is 15.1. The van der Waals surface area contributed by atoms with Crippen LogP contribution < -0.4 is 20.7 Å². The monoisotopic (exact) mass is 627 g/mol. The maximum Gasteiger partial charge on any atom is 0.393 e. The van der Waals surface area contributed by atoms with Gasteiger partial charge in [0.1, 0.15) is 28.0 Å². The van der Waals surface area contributed by atoms with E-state index in [4.69, 9.17) is 9.84 Å². The summed E-state index contributed by atoms with van der Waals surface area (Å²) in [7, 11) is -1.72. The number of nitrogens with one attached hydrogen (secondary N) is 3. The van der Waals surface area contributed by atoms with Crippen molar-refractivity contribution in [1.82, 2.24) is 5.32 Å². The van der Waals surface area contributed by atoms with E-state index in [0.717, 1.165) is 17.4 Å². The molecule has 1 aliphatic heterocycles. The number of hydrogen-bond acceptors (Lipinski definition) is 8. The van der Waals surface area contributed by atoms with Crippen LogP contribution in [0.1, 0.15) is 33.6 Å². The van der Waals surface area contributed by atoms with Gasteiger partial charge in [-0.3, -0.25) is 4.79 Å². The quantitative estimate of drug-likeness (QED) is 0.206. The highest BCUT2D eigenvalue weighted by Crippen LogP contribution is 2.39. The average molecular weight is 628 g/mol. The SMILES string of the molecule is CNC(=O)c1cc(OCCO)c(NCC#Cc2sc3c(NC4CCS(=O)(=O)CC4)cccc3c2CC(F)(F)F)cc1F. The number of thiophene rings is 1. The fraction of sp³-hybridized carbons (Fsp3) is 0.393. The molecule has 0 spiro atoms. The van der Waals surface area contributed by atoms with Crippen molar-refractivity contribution in [3.63, 3.8) is 0 Å². The third-order valence-electron chi connectivity index (χ3n) is 6.57. The topological polar surface area (TPSA) is 117 Å². The highest BCUT2D eigenvalue weighted by Gasteiger charge is 2.31. The van der Waals surface area contributed by atoms with Crippen molar-refractivity contribution in [2.24, 2.45) is 0 Å². The molecule has 1 amide bonds. The van der Waals surface area contributed by atoms with Gasteiger partial charge in [0, 0.05) is 19.2 Å². The zero-order valence-electron chi connectivity index (χ0n) is 22.5. The third kappa shape index (κ3) is 7.84. The standard InChI is InChI=1S/C28H29F4N3O5S2/c1-33-27(37)19-14-24(40-11-10-36)23(15-21(19)29)34-9-3-6-25-20(16-28(30,31)32)18-4-2-5-22(26(18)41-25)35-17-7-12-42(38,39)13-8-17/h2,4-5,14-15,17,34-36H,7-13,16H2,1H3,(H,33,37). The minimum absolute atomic E-state index is 0.0396. The molecule has 1 fully saturated rings. The van der Waals surface area contributed by atoms with Gasteiger partial charge < -0.3 is 25.8 Å². The fourth-order valence-electron chi connectivity index (χ4n) is 4.55. The largest absolute Gasteiger partial charge is 0.489 e. The molecule has 0 saturated carbocycles. The minimum Gasteiger partial charge on any atom is -0.489 e. The van der Waals surface area contributed by atoms with Gasteiger partial charge in [0.2, 0.25) is 0 Å². The first-order valence-electron chi connectivity index (χ1n) is 13.0. The van der Waals surface area contributed by atoms with E-state index in [2.05, 4.69) is 27.8 Å². The fourth-order valence-corrected chi connectivity index (χ4v) is 7.22. The van der Waals surface area contributed by atoms with Gasteiger partial charge in [-0.1, -0.05) is 24.0 Å². The summed E-state index contributed by atoms with van der Waals surface area (Å²) in [5.74, 6) is 4.31. The maximum atomic E-state index is 14.6. The molecule has 2 heterocycles. The second-order valence-corrected chi connectivity index (χ2v) is 12.9. The van der Waals surface area contributed by atoms with Crippen molar-refractivity contribution in [1.29, 1.82) is 0 Å². The van der Waals surface area contributed by atoms with Crippen molar-refractivity contribution in [3.05, 3.63) is 52.2 Å². The smallest absolute Gasteiger partial charge is 0.393 e. The van der Waals surface area contributed by atoms with Crippen LogP contribution in [0.4, 0.5) is 28.9 Å². The lowest BCUT2D eigenvalue weighted by Crippen LogP contribution is -2.32. The lowest BCUT2D eigenvalue weighted by Gasteiger charge is -2.24. The number of aliphatic hydroxyl groups is 1. The predicted molar refractivity (Wildman–Crippen MR) is 155 cm³/mol. The number of carbonyl (C=O) groups excluding carboxylic acids is 1. The predicted octanol–water partition coefficient (Wildman–Crippen LogP) is 4.33. The van der Waals surface area contributed by atoms with Crippen LogP contribution in [0.25, 0.3) is 10.1 Å². The Labute approximate surface area is 244 Å². The van der Waals surface area contributed by atoms with Crippen molar-refractivity contribution >= 4 is 48.5 Å². The number of alkyl halides is 3. The van der Waals surface area contributed by atoms with Crippen LogP contribution >= 0.6 is 11.3 Å². The third-order valence-corrected chi connectivity index (χ3v) is 9.48. The Morgan fingerprint density at radius 1 is 1.19 bits per heavy atom. The number of anilines is 2. The Morgan fingerprint density at radius 3 is 2.60 bits per heavy atom. The second-order valence-electron chi connectivity index (χ2n) is 9.59. The molecular weight excluding hydrogens is 598 g/mol. The molecule has 14 heteroatoms. The number of sulfone groups is 1. The van der Waals surface area contributed by atoms with Crippen molar-refractivity contribution in [2.45, 2.75) is 31.5 Å². The van der Waals surface area contributed by atoms with Gasteiger partial charge in [-0.05, 0) is 35.9 Å². The van der Waals surface area contributed by atoms with Crippen molar-refractivity contribution in [3.8, 4) is 17.6 Å². The summed E-state index contributed by atoms with van der Waals surface area (Å²) < 4.78 is 84.8. The molecule has 0 aliphatic carbocycles. The van der Waals surface area contributed by atoms with E-state index in [1.165, 1.54) is 13.1 Å². The Kier molecular flexibility index (Phi) is 9.85. The Bertz CT molecular complexity index is 1610. The summed E-state index contributed by atoms with van der Waals surface area (Å²) in [5, 5.41) is 18.0. The summed E-state index contributed by atoms with van der Waals surface area (Å²) in [4.78, 5) is 12.2. The van der Waals surface area contributed by atoms with E-state index in [0.29, 0.717) is 28.6 Å². The number of amides is 1. The van der Waals surface area contributed by atoms with Gasteiger partial charge in [-0.15, -0.1) is 11.3 Å². The number of halogens is 4. The van der Waals surface area contributed by atoms with Crippen LogP contribution in [0.5, 0.6) is 5.75 Å². The van der Waals surface area contributed by atoms with Crippen LogP contribution in [0.2, 0.25) is 0 Å². The number of fused-ring (bicyclic) bond motifs is 1. The first-order chi connectivity index (χ1) is 19.9. The van der Waals surface area contributed by atoms with Crippen molar-refractivity contribution in [2.75, 3.05) is 48.9 Å². The van der Waals surface area contributed by atoms with Crippen molar-refractivity contribution < 1.29 is 40.6 Å². The minimum atomic E-state index is -4.48. The number of rotatable bonds is 9. The molecular formula is C28H29F4N3O5S2. The first-order valence-corrected chi connectivity index (χ1v) is 15.6. The van der Waals surface area contributed by atoms with Crippen LogP contribution in [-0.4, -0.2) is 70.0 Å². The molecule has 0 bridgehead atoms. The second kappa shape index (κ2) is 13.2. The number of carbonyl (C=O) groups is 1. The van der Waals surface area contributed by atoms with Crippen LogP contribution in [-0.2, 0) is 16.3 Å². The molecule has 0 atom stereocenters. The number of hydrogen-bond donors (Lipinski definition) is 4. The molecule has 0 radical (unpaired) electrons. The van der Waals surface area contributed by atoms with E-state index in [1.54, 1.807) is 18.2 Å². The lowest BCUT2D eigenvalue weighted by atomic mass is 10.1. The molecule has 4 N–H and O–H groups in total. The molecule has 3 aromatic rings.